The number of benzene rings is 3. The maximum Gasteiger partial charge on any atom is 0.170 e. The number of aromatic hydroxyl groups is 3. The molecular formula is C25H28O6. The molecular weight excluding hydrogens is 396 g/mol. The minimum Gasteiger partial charge on any atom is -0.508 e. The lowest BCUT2D eigenvalue weighted by Gasteiger charge is -2.16. The number of carbonyl (C=O) groups is 1. The van der Waals surface area contributed by atoms with Gasteiger partial charge in [0.2, 0.25) is 0 Å². The Morgan fingerprint density at radius 1 is 0.871 bits per heavy atom. The number of rotatable bonds is 7. The van der Waals surface area contributed by atoms with Gasteiger partial charge in [0.25, 0.3) is 0 Å². The molecule has 0 aliphatic carbocycles. The van der Waals surface area contributed by atoms with Gasteiger partial charge in [-0.15, -0.1) is 0 Å². The Morgan fingerprint density at radius 2 is 1.48 bits per heavy atom. The first-order chi connectivity index (χ1) is 14.9. The summed E-state index contributed by atoms with van der Waals surface area (Å²) in [6, 6.07) is 17.6. The van der Waals surface area contributed by atoms with Gasteiger partial charge in [0.15, 0.2) is 5.78 Å². The van der Waals surface area contributed by atoms with Crippen LogP contribution >= 0.6 is 0 Å². The highest BCUT2D eigenvalue weighted by Crippen LogP contribution is 2.40. The summed E-state index contributed by atoms with van der Waals surface area (Å²) >= 11 is 0. The fraction of sp³-hybridized carbons (Fsp3) is 0.240. The van der Waals surface area contributed by atoms with Gasteiger partial charge in [0.1, 0.15) is 28.6 Å². The van der Waals surface area contributed by atoms with Gasteiger partial charge in [0, 0.05) is 38.7 Å². The molecule has 6 heteroatoms. The molecule has 0 aliphatic heterocycles. The number of para-hydroxylation sites is 1. The smallest absolute Gasteiger partial charge is 0.170 e. The highest BCUT2D eigenvalue weighted by molar-refractivity contribution is 6.02. The van der Waals surface area contributed by atoms with Crippen molar-refractivity contribution < 1.29 is 29.6 Å². The third-order valence-corrected chi connectivity index (χ3v) is 4.69. The van der Waals surface area contributed by atoms with Gasteiger partial charge in [-0.05, 0) is 23.6 Å². The molecule has 0 heterocycles. The normalized spacial score (nSPS) is 10.2. The molecule has 0 spiro atoms. The van der Waals surface area contributed by atoms with E-state index in [4.69, 9.17) is 4.74 Å². The predicted molar refractivity (Wildman–Crippen MR) is 119 cm³/mol. The lowest BCUT2D eigenvalue weighted by molar-refractivity contribution is 0.0977. The summed E-state index contributed by atoms with van der Waals surface area (Å²) in [5, 5.41) is 31.1. The molecule has 0 saturated carbocycles. The molecule has 0 aliphatic rings. The Hall–Kier alpha value is -3.51. The third-order valence-electron chi connectivity index (χ3n) is 4.69. The molecule has 0 bridgehead atoms. The van der Waals surface area contributed by atoms with Gasteiger partial charge in [0.05, 0.1) is 7.11 Å². The summed E-state index contributed by atoms with van der Waals surface area (Å²) in [6.45, 7) is 0. The van der Waals surface area contributed by atoms with E-state index in [0.29, 0.717) is 12.0 Å². The second kappa shape index (κ2) is 11.6. The van der Waals surface area contributed by atoms with Gasteiger partial charge in [-0.3, -0.25) is 4.79 Å². The Labute approximate surface area is 182 Å². The molecule has 3 rings (SSSR count). The van der Waals surface area contributed by atoms with Gasteiger partial charge >= 0.3 is 0 Å². The Balaban J connectivity index is 0.00000107. The summed E-state index contributed by atoms with van der Waals surface area (Å²) in [7, 11) is 4.63. The first-order valence-corrected chi connectivity index (χ1v) is 9.78. The number of hydrogen-bond acceptors (Lipinski definition) is 6. The molecule has 0 amide bonds. The van der Waals surface area contributed by atoms with Crippen LogP contribution in [0.5, 0.6) is 23.0 Å². The highest BCUT2D eigenvalue weighted by Gasteiger charge is 2.24. The summed E-state index contributed by atoms with van der Waals surface area (Å²) < 4.78 is 9.47. The number of ketones is 1. The van der Waals surface area contributed by atoms with Gasteiger partial charge in [-0.25, -0.2) is 0 Å². The molecule has 3 N–H and O–H groups in total. The first kappa shape index (κ1) is 23.8. The molecule has 0 saturated heterocycles. The largest absolute Gasteiger partial charge is 0.508 e. The van der Waals surface area contributed by atoms with E-state index < -0.39 is 0 Å². The maximum atomic E-state index is 12.8. The maximum absolute atomic E-state index is 12.8. The number of Topliss-reactive ketones (excluding diaryl/α,β-unsaturated/α-hetero) is 1. The SMILES string of the molecule is COC.COc1cc(O)c(Cc2ccccc2O)c(O)c1C(=O)CCc1ccccc1. The summed E-state index contributed by atoms with van der Waals surface area (Å²) in [5.74, 6) is -0.629. The monoisotopic (exact) mass is 424 g/mol. The van der Waals surface area contributed by atoms with Crippen molar-refractivity contribution in [2.45, 2.75) is 19.3 Å². The molecule has 3 aromatic carbocycles. The van der Waals surface area contributed by atoms with Crippen LogP contribution in [-0.4, -0.2) is 42.4 Å². The van der Waals surface area contributed by atoms with Gasteiger partial charge in [-0.1, -0.05) is 48.5 Å². The molecule has 0 atom stereocenters. The number of methoxy groups -OCH3 is 2. The van der Waals surface area contributed by atoms with Crippen molar-refractivity contribution >= 4 is 5.78 Å². The van der Waals surface area contributed by atoms with Crippen molar-refractivity contribution in [2.24, 2.45) is 0 Å². The predicted octanol–water partition coefficient (Wildman–Crippen LogP) is 4.48. The average Bonchev–Trinajstić information content (AvgIpc) is 2.77. The van der Waals surface area contributed by atoms with Crippen LogP contribution in [0.1, 0.15) is 33.5 Å². The third kappa shape index (κ3) is 6.23. The molecule has 31 heavy (non-hydrogen) atoms. The number of hydrogen-bond donors (Lipinski definition) is 3. The van der Waals surface area contributed by atoms with E-state index in [9.17, 15) is 20.1 Å². The zero-order valence-electron chi connectivity index (χ0n) is 18.0. The fourth-order valence-corrected chi connectivity index (χ4v) is 3.16. The molecule has 0 aromatic heterocycles. The zero-order chi connectivity index (χ0) is 22.8. The number of phenolic OH excluding ortho intramolecular Hbond substituents is 3. The topological polar surface area (TPSA) is 96.2 Å². The summed E-state index contributed by atoms with van der Waals surface area (Å²) in [4.78, 5) is 12.8. The standard InChI is InChI=1S/C23H22O5.C2H6O/c1-28-21-14-20(26)17(13-16-9-5-6-10-18(16)24)23(27)22(21)19(25)12-11-15-7-3-2-4-8-15;1-3-2/h2-10,14,24,26-27H,11-13H2,1H3;1-2H3. The van der Waals surface area contributed by atoms with Crippen LogP contribution < -0.4 is 4.74 Å². The van der Waals surface area contributed by atoms with Crippen molar-refractivity contribution in [3.63, 3.8) is 0 Å². The van der Waals surface area contributed by atoms with Crippen LogP contribution in [0, 0.1) is 0 Å². The van der Waals surface area contributed by atoms with Crippen molar-refractivity contribution in [3.05, 3.63) is 82.9 Å². The summed E-state index contributed by atoms with van der Waals surface area (Å²) in [5.41, 5.74) is 1.76. The van der Waals surface area contributed by atoms with E-state index in [1.54, 1.807) is 32.4 Å². The second-order valence-corrected chi connectivity index (χ2v) is 6.92. The van der Waals surface area contributed by atoms with Crippen LogP contribution in [0.2, 0.25) is 0 Å². The van der Waals surface area contributed by atoms with Crippen molar-refractivity contribution in [1.29, 1.82) is 0 Å². The lowest BCUT2D eigenvalue weighted by Crippen LogP contribution is -2.06. The van der Waals surface area contributed by atoms with Gasteiger partial charge < -0.3 is 24.8 Å². The van der Waals surface area contributed by atoms with Crippen molar-refractivity contribution in [3.8, 4) is 23.0 Å². The van der Waals surface area contributed by atoms with Crippen LogP contribution in [0.25, 0.3) is 0 Å². The van der Waals surface area contributed by atoms with Crippen LogP contribution in [0.3, 0.4) is 0 Å². The fourth-order valence-electron chi connectivity index (χ4n) is 3.16. The second-order valence-electron chi connectivity index (χ2n) is 6.92. The molecule has 0 unspecified atom stereocenters. The zero-order valence-corrected chi connectivity index (χ0v) is 18.0. The first-order valence-electron chi connectivity index (χ1n) is 9.78. The minimum atomic E-state index is -0.321. The Bertz CT molecular complexity index is 998. The van der Waals surface area contributed by atoms with Crippen molar-refractivity contribution in [2.75, 3.05) is 21.3 Å². The number of carbonyl (C=O) groups excluding carboxylic acids is 1. The Morgan fingerprint density at radius 3 is 2.10 bits per heavy atom. The molecule has 164 valence electrons. The van der Waals surface area contributed by atoms with E-state index in [1.165, 1.54) is 19.2 Å². The van der Waals surface area contributed by atoms with E-state index in [-0.39, 0.29) is 52.7 Å². The van der Waals surface area contributed by atoms with Crippen LogP contribution in [-0.2, 0) is 17.6 Å². The van der Waals surface area contributed by atoms with E-state index >= 15 is 0 Å². The molecule has 6 nitrogen and oxygen atoms in total. The van der Waals surface area contributed by atoms with Crippen LogP contribution in [0.4, 0.5) is 0 Å². The molecule has 0 fully saturated rings. The average molecular weight is 424 g/mol. The minimum absolute atomic E-state index is 0.0432. The number of aryl methyl sites for hydroxylation is 1. The van der Waals surface area contributed by atoms with E-state index in [0.717, 1.165) is 5.56 Å². The molecule has 0 radical (unpaired) electrons. The van der Waals surface area contributed by atoms with E-state index in [1.807, 2.05) is 30.3 Å². The lowest BCUT2D eigenvalue weighted by atomic mass is 9.95. The van der Waals surface area contributed by atoms with E-state index in [2.05, 4.69) is 4.74 Å². The quantitative estimate of drug-likeness (QED) is 0.484. The van der Waals surface area contributed by atoms with Crippen molar-refractivity contribution in [1.82, 2.24) is 0 Å². The highest BCUT2D eigenvalue weighted by atomic mass is 16.5. The van der Waals surface area contributed by atoms with Gasteiger partial charge in [-0.2, -0.15) is 0 Å². The number of phenols is 3. The number of ether oxygens (including phenoxy) is 2. The summed E-state index contributed by atoms with van der Waals surface area (Å²) in [6.07, 6.45) is 0.792. The van der Waals surface area contributed by atoms with Crippen LogP contribution in [0.15, 0.2) is 60.7 Å². The Kier molecular flexibility index (Phi) is 8.91. The molecule has 3 aromatic rings.